The standard InChI is InChI=1S/C31H39N5O4S/c1-15(2)19-12-31(19,29(32)38)36-27(37)26-30(6,7)24(13-33-26)40-23-11-20(28-35-21(14-41-28)16(3)4)34-25-17(5)22(39-8)10-9-18(23)25/h9-11,14,16,19,24,26,33H,1,12-13H2,2-8H3,(H2,32,38)(H,36,37). The first-order valence-corrected chi connectivity index (χ1v) is 14.8. The van der Waals surface area contributed by atoms with E-state index < -0.39 is 22.9 Å². The van der Waals surface area contributed by atoms with Gasteiger partial charge in [-0.05, 0) is 38.3 Å². The highest BCUT2D eigenvalue weighted by molar-refractivity contribution is 7.13. The molecule has 10 heteroatoms. The molecule has 0 radical (unpaired) electrons. The smallest absolute Gasteiger partial charge is 0.243 e. The van der Waals surface area contributed by atoms with E-state index >= 15 is 0 Å². The molecule has 9 nitrogen and oxygen atoms in total. The number of ether oxygens (including phenoxy) is 2. The van der Waals surface area contributed by atoms with Crippen LogP contribution in [0.15, 0.2) is 35.7 Å². The number of aryl methyl sites for hydroxylation is 1. The molecule has 1 saturated carbocycles. The summed E-state index contributed by atoms with van der Waals surface area (Å²) in [6, 6.07) is 5.22. The minimum atomic E-state index is -1.07. The number of carbonyl (C=O) groups excluding carboxylic acids is 2. The number of benzene rings is 1. The van der Waals surface area contributed by atoms with Crippen molar-refractivity contribution >= 4 is 34.1 Å². The average molecular weight is 578 g/mol. The van der Waals surface area contributed by atoms with Gasteiger partial charge in [-0.2, -0.15) is 0 Å². The Labute approximate surface area is 244 Å². The number of nitrogens with zero attached hydrogens (tertiary/aromatic N) is 2. The number of thiazole rings is 1. The quantitative estimate of drug-likeness (QED) is 0.320. The van der Waals surface area contributed by atoms with Crippen LogP contribution in [0.3, 0.4) is 0 Å². The van der Waals surface area contributed by atoms with Crippen LogP contribution in [-0.2, 0) is 9.59 Å². The Morgan fingerprint density at radius 3 is 2.56 bits per heavy atom. The number of nitrogens with two attached hydrogens (primary N) is 1. The van der Waals surface area contributed by atoms with E-state index in [1.165, 1.54) is 0 Å². The van der Waals surface area contributed by atoms with E-state index in [1.807, 2.05) is 45.9 Å². The lowest BCUT2D eigenvalue weighted by Crippen LogP contribution is -2.56. The highest BCUT2D eigenvalue weighted by atomic mass is 32.1. The minimum absolute atomic E-state index is 0.149. The van der Waals surface area contributed by atoms with Gasteiger partial charge in [0.1, 0.15) is 33.8 Å². The summed E-state index contributed by atoms with van der Waals surface area (Å²) in [6.45, 7) is 16.5. The first-order chi connectivity index (χ1) is 19.3. The van der Waals surface area contributed by atoms with E-state index in [2.05, 4.69) is 36.4 Å². The number of rotatable bonds is 9. The predicted octanol–water partition coefficient (Wildman–Crippen LogP) is 4.48. The Bertz CT molecular complexity index is 1550. The van der Waals surface area contributed by atoms with Crippen molar-refractivity contribution in [2.75, 3.05) is 13.7 Å². The maximum Gasteiger partial charge on any atom is 0.243 e. The Hall–Kier alpha value is -3.50. The van der Waals surface area contributed by atoms with Crippen molar-refractivity contribution in [3.05, 3.63) is 47.0 Å². The van der Waals surface area contributed by atoms with Crippen molar-refractivity contribution in [2.24, 2.45) is 17.1 Å². The largest absolute Gasteiger partial charge is 0.496 e. The molecule has 1 aliphatic heterocycles. The summed E-state index contributed by atoms with van der Waals surface area (Å²) < 4.78 is 12.3. The van der Waals surface area contributed by atoms with Gasteiger partial charge in [-0.1, -0.05) is 39.8 Å². The summed E-state index contributed by atoms with van der Waals surface area (Å²) in [5.41, 5.74) is 8.28. The van der Waals surface area contributed by atoms with E-state index in [4.69, 9.17) is 25.2 Å². The second kappa shape index (κ2) is 10.4. The molecule has 1 aliphatic carbocycles. The molecule has 1 aromatic carbocycles. The van der Waals surface area contributed by atoms with Crippen LogP contribution in [0.1, 0.15) is 58.2 Å². The van der Waals surface area contributed by atoms with Gasteiger partial charge in [0.2, 0.25) is 11.8 Å². The molecule has 1 saturated heterocycles. The molecule has 218 valence electrons. The van der Waals surface area contributed by atoms with Crippen LogP contribution in [0, 0.1) is 18.3 Å². The van der Waals surface area contributed by atoms with E-state index in [9.17, 15) is 9.59 Å². The summed E-state index contributed by atoms with van der Waals surface area (Å²) in [5, 5.41) is 10.0. The molecule has 0 spiro atoms. The molecule has 4 N–H and O–H groups in total. The summed E-state index contributed by atoms with van der Waals surface area (Å²) >= 11 is 1.56. The van der Waals surface area contributed by atoms with Crippen LogP contribution in [0.5, 0.6) is 11.5 Å². The maximum absolute atomic E-state index is 13.5. The summed E-state index contributed by atoms with van der Waals surface area (Å²) in [6.07, 6.45) is 0.127. The van der Waals surface area contributed by atoms with E-state index in [0.717, 1.165) is 44.2 Å². The number of amides is 2. The van der Waals surface area contributed by atoms with Gasteiger partial charge in [0, 0.05) is 40.3 Å². The van der Waals surface area contributed by atoms with Crippen LogP contribution in [-0.4, -0.2) is 53.1 Å². The molecule has 3 heterocycles. The molecule has 41 heavy (non-hydrogen) atoms. The second-order valence-corrected chi connectivity index (χ2v) is 13.1. The zero-order chi connectivity index (χ0) is 29.9. The van der Waals surface area contributed by atoms with Gasteiger partial charge in [0.05, 0.1) is 24.4 Å². The molecule has 5 rings (SSSR count). The van der Waals surface area contributed by atoms with Crippen molar-refractivity contribution in [2.45, 2.75) is 71.6 Å². The fraction of sp³-hybridized carbons (Fsp3) is 0.484. The Morgan fingerprint density at radius 1 is 1.24 bits per heavy atom. The third kappa shape index (κ3) is 4.97. The number of fused-ring (bicyclic) bond motifs is 1. The van der Waals surface area contributed by atoms with Crippen LogP contribution in [0.2, 0.25) is 0 Å². The molecule has 4 unspecified atom stereocenters. The van der Waals surface area contributed by atoms with Crippen LogP contribution in [0.4, 0.5) is 0 Å². The highest BCUT2D eigenvalue weighted by Gasteiger charge is 2.62. The van der Waals surface area contributed by atoms with Gasteiger partial charge < -0.3 is 25.8 Å². The monoisotopic (exact) mass is 577 g/mol. The van der Waals surface area contributed by atoms with Crippen molar-refractivity contribution in [3.63, 3.8) is 0 Å². The van der Waals surface area contributed by atoms with Gasteiger partial charge >= 0.3 is 0 Å². The molecule has 2 fully saturated rings. The van der Waals surface area contributed by atoms with Crippen molar-refractivity contribution in [1.82, 2.24) is 20.6 Å². The van der Waals surface area contributed by atoms with Gasteiger partial charge in [-0.15, -0.1) is 11.3 Å². The van der Waals surface area contributed by atoms with Crippen molar-refractivity contribution in [3.8, 4) is 22.2 Å². The number of aromatic nitrogens is 2. The number of hydrogen-bond acceptors (Lipinski definition) is 8. The van der Waals surface area contributed by atoms with Crippen LogP contribution >= 0.6 is 11.3 Å². The van der Waals surface area contributed by atoms with E-state index in [-0.39, 0.29) is 17.9 Å². The fourth-order valence-electron chi connectivity index (χ4n) is 5.81. The average Bonchev–Trinajstić information content (AvgIpc) is 3.29. The van der Waals surface area contributed by atoms with Gasteiger partial charge in [0.15, 0.2) is 0 Å². The molecule has 2 aliphatic rings. The van der Waals surface area contributed by atoms with Gasteiger partial charge in [0.25, 0.3) is 0 Å². The Kier molecular flexibility index (Phi) is 7.36. The third-order valence-corrected chi connectivity index (χ3v) is 9.54. The summed E-state index contributed by atoms with van der Waals surface area (Å²) in [7, 11) is 1.64. The lowest BCUT2D eigenvalue weighted by molar-refractivity contribution is -0.131. The SMILES string of the molecule is C=C(C)C1CC1(NC(=O)C1NCC(Oc2cc(-c3nc(C(C)C)cs3)nc3c(C)c(OC)ccc23)C1(C)C)C(N)=O. The first kappa shape index (κ1) is 29.0. The zero-order valence-electron chi connectivity index (χ0n) is 24.8. The second-order valence-electron chi connectivity index (χ2n) is 12.2. The van der Waals surface area contributed by atoms with Gasteiger partial charge in [-0.25, -0.2) is 9.97 Å². The minimum Gasteiger partial charge on any atom is -0.496 e. The van der Waals surface area contributed by atoms with Crippen molar-refractivity contribution in [1.29, 1.82) is 0 Å². The molecule has 2 aromatic heterocycles. The molecule has 0 bridgehead atoms. The Morgan fingerprint density at radius 2 is 1.98 bits per heavy atom. The maximum atomic E-state index is 13.5. The van der Waals surface area contributed by atoms with Crippen LogP contribution < -0.4 is 25.8 Å². The summed E-state index contributed by atoms with van der Waals surface area (Å²) in [4.78, 5) is 35.6. The van der Waals surface area contributed by atoms with E-state index in [1.54, 1.807) is 18.4 Å². The number of carbonyl (C=O) groups is 2. The molecular weight excluding hydrogens is 538 g/mol. The topological polar surface area (TPSA) is 128 Å². The number of methoxy groups -OCH3 is 1. The third-order valence-electron chi connectivity index (χ3n) is 8.65. The summed E-state index contributed by atoms with van der Waals surface area (Å²) in [5.74, 6) is 0.758. The highest BCUT2D eigenvalue weighted by Crippen LogP contribution is 2.48. The molecule has 3 aromatic rings. The molecular formula is C31H39N5O4S. The first-order valence-electron chi connectivity index (χ1n) is 13.9. The number of primary amides is 1. The number of nitrogens with one attached hydrogen (secondary N) is 2. The van der Waals surface area contributed by atoms with E-state index in [0.29, 0.717) is 24.6 Å². The fourth-order valence-corrected chi connectivity index (χ4v) is 6.75. The zero-order valence-corrected chi connectivity index (χ0v) is 25.6. The predicted molar refractivity (Wildman–Crippen MR) is 161 cm³/mol. The number of pyridine rings is 1. The molecule has 2 amide bonds. The lowest BCUT2D eigenvalue weighted by atomic mass is 9.82. The molecule has 4 atom stereocenters. The lowest BCUT2D eigenvalue weighted by Gasteiger charge is -2.32. The Balaban J connectivity index is 1.47. The van der Waals surface area contributed by atoms with Crippen LogP contribution in [0.25, 0.3) is 21.6 Å². The normalized spacial score (nSPS) is 24.8. The number of hydrogen-bond donors (Lipinski definition) is 3. The van der Waals surface area contributed by atoms with Gasteiger partial charge in [-0.3, -0.25) is 9.59 Å². The van der Waals surface area contributed by atoms with Crippen molar-refractivity contribution < 1.29 is 19.1 Å².